The number of carboxylic acids is 2. The number of hydrogen-bond donors (Lipinski definition) is 2. The van der Waals surface area contributed by atoms with Crippen LogP contribution < -0.4 is 0 Å². The summed E-state index contributed by atoms with van der Waals surface area (Å²) < 4.78 is 12.2. The van der Waals surface area contributed by atoms with Crippen molar-refractivity contribution in [1.82, 2.24) is 4.90 Å². The van der Waals surface area contributed by atoms with Crippen molar-refractivity contribution in [2.75, 3.05) is 25.4 Å². The van der Waals surface area contributed by atoms with E-state index >= 15 is 0 Å². The molecule has 0 aromatic carbocycles. The predicted octanol–water partition coefficient (Wildman–Crippen LogP) is 5.81. The third-order valence-corrected chi connectivity index (χ3v) is 12.8. The molecule has 2 aliphatic heterocycles. The number of epoxide rings is 1. The summed E-state index contributed by atoms with van der Waals surface area (Å²) in [5.41, 5.74) is 4.07. The monoisotopic (exact) mass is 557 g/mol. The molecule has 2 N–H and O–H groups in total. The molecule has 7 rings (SSSR count). The highest BCUT2D eigenvalue weighted by Gasteiger charge is 2.80. The van der Waals surface area contributed by atoms with Crippen LogP contribution in [0.5, 0.6) is 0 Å². The van der Waals surface area contributed by atoms with Crippen LogP contribution in [0.2, 0.25) is 0 Å². The fourth-order valence-corrected chi connectivity index (χ4v) is 10.8. The lowest BCUT2D eigenvalue weighted by Crippen LogP contribution is -2.56. The molecule has 0 radical (unpaired) electrons. The van der Waals surface area contributed by atoms with Crippen LogP contribution in [0, 0.1) is 22.7 Å². The van der Waals surface area contributed by atoms with Gasteiger partial charge in [0, 0.05) is 23.0 Å². The summed E-state index contributed by atoms with van der Waals surface area (Å²) >= 11 is 2.24. The molecule has 1 aromatic heterocycles. The number of carbonyl (C=O) groups is 2. The molecule has 0 amide bonds. The normalized spacial score (nSPS) is 42.2. The summed E-state index contributed by atoms with van der Waals surface area (Å²) in [6.07, 6.45) is 19.3. The van der Waals surface area contributed by atoms with Gasteiger partial charge >= 0.3 is 11.9 Å². The van der Waals surface area contributed by atoms with Crippen LogP contribution in [0.25, 0.3) is 0 Å². The highest BCUT2D eigenvalue weighted by Crippen LogP contribution is 2.77. The van der Waals surface area contributed by atoms with E-state index in [1.165, 1.54) is 88.7 Å². The standard InChI is InChI=1S/C29H41NO2S.C2H2O4/c1-27-10-7-22(33-16-14-30-12-3-4-13-30)17-21(27)5-6-24-23(27)8-11-28(2)25(20-9-15-31-19-20)18-26-29(24,28)32-26;3-1(4)2(5)6/h9,15,17,19,22-26H,3-8,10-14,16,18H2,1-2H3;(H,3,4)(H,5,6)/t22-,23-,24+,25+,26+,27-,28+,29+;/m0./s1. The second-order valence-corrected chi connectivity index (χ2v) is 14.5. The second kappa shape index (κ2) is 10.3. The largest absolute Gasteiger partial charge is 0.473 e. The first kappa shape index (κ1) is 27.4. The van der Waals surface area contributed by atoms with E-state index in [0.29, 0.717) is 17.4 Å². The molecular formula is C31H43NO6S. The van der Waals surface area contributed by atoms with Gasteiger partial charge < -0.3 is 24.3 Å². The van der Waals surface area contributed by atoms with Crippen molar-refractivity contribution < 1.29 is 29.0 Å². The van der Waals surface area contributed by atoms with Gasteiger partial charge in [0.15, 0.2) is 0 Å². The molecule has 1 aromatic rings. The number of carboxylic acid groups (broad SMARTS) is 2. The van der Waals surface area contributed by atoms with Gasteiger partial charge in [-0.25, -0.2) is 9.59 Å². The van der Waals surface area contributed by atoms with Gasteiger partial charge in [-0.1, -0.05) is 25.5 Å². The highest BCUT2D eigenvalue weighted by atomic mass is 32.2. The first-order chi connectivity index (χ1) is 18.7. The number of likely N-dealkylation sites (tertiary alicyclic amines) is 1. The van der Waals surface area contributed by atoms with Gasteiger partial charge in [-0.05, 0) is 106 Å². The second-order valence-electron chi connectivity index (χ2n) is 13.2. The number of hydrogen-bond acceptors (Lipinski definition) is 6. The van der Waals surface area contributed by atoms with Gasteiger partial charge in [0.1, 0.15) is 5.60 Å². The molecule has 214 valence electrons. The van der Waals surface area contributed by atoms with E-state index in [2.05, 4.69) is 42.7 Å². The maximum Gasteiger partial charge on any atom is 0.414 e. The summed E-state index contributed by atoms with van der Waals surface area (Å²) in [5.74, 6) is -0.161. The fraction of sp³-hybridized carbons (Fsp3) is 0.742. The Hall–Kier alpha value is -1.77. The van der Waals surface area contributed by atoms with Gasteiger partial charge in [-0.3, -0.25) is 0 Å². The quantitative estimate of drug-likeness (QED) is 0.266. The van der Waals surface area contributed by atoms with Gasteiger partial charge in [0.05, 0.1) is 18.6 Å². The van der Waals surface area contributed by atoms with Gasteiger partial charge in [-0.2, -0.15) is 11.8 Å². The molecule has 1 spiro atoms. The number of nitrogens with zero attached hydrogens (tertiary/aromatic N) is 1. The van der Waals surface area contributed by atoms with E-state index in [1.807, 2.05) is 18.1 Å². The van der Waals surface area contributed by atoms with Crippen LogP contribution in [0.1, 0.15) is 83.1 Å². The summed E-state index contributed by atoms with van der Waals surface area (Å²) in [5, 5.41) is 15.5. The fourth-order valence-electron chi connectivity index (χ4n) is 9.58. The number of fused-ring (bicyclic) bond motifs is 3. The average Bonchev–Trinajstić information content (AvgIpc) is 3.32. The Kier molecular flexibility index (Phi) is 7.20. The Labute approximate surface area is 235 Å². The number of rotatable bonds is 5. The predicted molar refractivity (Wildman–Crippen MR) is 150 cm³/mol. The van der Waals surface area contributed by atoms with Crippen molar-refractivity contribution in [2.45, 2.75) is 94.5 Å². The minimum atomic E-state index is -1.82. The van der Waals surface area contributed by atoms with Crippen molar-refractivity contribution >= 4 is 23.7 Å². The van der Waals surface area contributed by atoms with Crippen LogP contribution in [0.15, 0.2) is 34.7 Å². The van der Waals surface area contributed by atoms with Gasteiger partial charge in [-0.15, -0.1) is 0 Å². The zero-order chi connectivity index (χ0) is 27.4. The van der Waals surface area contributed by atoms with E-state index in [1.54, 1.807) is 0 Å². The molecule has 3 saturated carbocycles. The molecule has 4 aliphatic carbocycles. The lowest BCUT2D eigenvalue weighted by Gasteiger charge is -2.58. The first-order valence-corrected chi connectivity index (χ1v) is 15.9. The third-order valence-electron chi connectivity index (χ3n) is 11.6. The third kappa shape index (κ3) is 4.49. The Balaban J connectivity index is 0.000000418. The van der Waals surface area contributed by atoms with Gasteiger partial charge in [0.25, 0.3) is 0 Å². The number of allylic oxidation sites excluding steroid dienone is 1. The Morgan fingerprint density at radius 2 is 1.85 bits per heavy atom. The highest BCUT2D eigenvalue weighted by molar-refractivity contribution is 8.00. The SMILES string of the molecule is C[C@]12CC[C@H](SCCN3CCCC3)C=C1CC[C@@H]1[C@@H]2CC[C@]2(C)[C@@H](c3ccoc3)C[C@H]3O[C@]132.O=C(O)C(=O)O. The lowest BCUT2D eigenvalue weighted by molar-refractivity contribution is -0.159. The van der Waals surface area contributed by atoms with Crippen molar-refractivity contribution in [3.8, 4) is 0 Å². The topological polar surface area (TPSA) is 104 Å². The zero-order valence-electron chi connectivity index (χ0n) is 23.3. The van der Waals surface area contributed by atoms with Crippen LogP contribution in [0.4, 0.5) is 0 Å². The molecule has 6 aliphatic rings. The van der Waals surface area contributed by atoms with Crippen molar-refractivity contribution in [2.24, 2.45) is 22.7 Å². The smallest absolute Gasteiger partial charge is 0.414 e. The molecule has 8 heteroatoms. The number of thioether (sulfide) groups is 1. The zero-order valence-corrected chi connectivity index (χ0v) is 24.1. The molecule has 5 fully saturated rings. The summed E-state index contributed by atoms with van der Waals surface area (Å²) in [7, 11) is 0. The molecule has 7 nitrogen and oxygen atoms in total. The van der Waals surface area contributed by atoms with E-state index < -0.39 is 11.9 Å². The molecule has 8 atom stereocenters. The van der Waals surface area contributed by atoms with Gasteiger partial charge in [0.2, 0.25) is 0 Å². The van der Waals surface area contributed by atoms with E-state index in [9.17, 15) is 0 Å². The Morgan fingerprint density at radius 1 is 1.08 bits per heavy atom. The van der Waals surface area contributed by atoms with Crippen LogP contribution in [0.3, 0.4) is 0 Å². The van der Waals surface area contributed by atoms with Crippen LogP contribution >= 0.6 is 11.8 Å². The van der Waals surface area contributed by atoms with E-state index in [4.69, 9.17) is 29.0 Å². The molecule has 39 heavy (non-hydrogen) atoms. The van der Waals surface area contributed by atoms with Crippen LogP contribution in [-0.2, 0) is 14.3 Å². The Bertz CT molecular complexity index is 1100. The van der Waals surface area contributed by atoms with Crippen LogP contribution in [-0.4, -0.2) is 69.4 Å². The molecule has 2 saturated heterocycles. The van der Waals surface area contributed by atoms with Crippen molar-refractivity contribution in [1.29, 1.82) is 0 Å². The maximum atomic E-state index is 9.10. The Morgan fingerprint density at radius 3 is 2.54 bits per heavy atom. The average molecular weight is 558 g/mol. The minimum absolute atomic E-state index is 0.147. The molecule has 0 unspecified atom stereocenters. The number of aliphatic carboxylic acids is 2. The number of ether oxygens (including phenoxy) is 1. The summed E-state index contributed by atoms with van der Waals surface area (Å²) in [6, 6.07) is 2.21. The van der Waals surface area contributed by atoms with Crippen molar-refractivity contribution in [3.05, 3.63) is 35.8 Å². The number of furan rings is 1. The molecular weight excluding hydrogens is 514 g/mol. The summed E-state index contributed by atoms with van der Waals surface area (Å²) in [4.78, 5) is 20.9. The van der Waals surface area contributed by atoms with E-state index in [-0.39, 0.29) is 11.0 Å². The first-order valence-electron chi connectivity index (χ1n) is 14.9. The van der Waals surface area contributed by atoms with Crippen molar-refractivity contribution in [3.63, 3.8) is 0 Å². The molecule has 3 heterocycles. The maximum absolute atomic E-state index is 9.10. The lowest BCUT2D eigenvalue weighted by atomic mass is 9.46. The molecule has 0 bridgehead atoms. The van der Waals surface area contributed by atoms with E-state index in [0.717, 1.165) is 17.1 Å². The minimum Gasteiger partial charge on any atom is -0.473 e. The summed E-state index contributed by atoms with van der Waals surface area (Å²) in [6.45, 7) is 9.16.